The summed E-state index contributed by atoms with van der Waals surface area (Å²) in [6.45, 7) is 4.18. The number of ether oxygens (including phenoxy) is 1. The van der Waals surface area contributed by atoms with Crippen LogP contribution in [0.4, 0.5) is 11.6 Å². The maximum atomic E-state index is 5.37. The van der Waals surface area contributed by atoms with E-state index < -0.39 is 0 Å². The van der Waals surface area contributed by atoms with Crippen LogP contribution in [0.2, 0.25) is 0 Å². The highest BCUT2D eigenvalue weighted by Gasteiger charge is 2.12. The molecule has 0 radical (unpaired) electrons. The van der Waals surface area contributed by atoms with Gasteiger partial charge in [0, 0.05) is 38.9 Å². The average Bonchev–Trinajstić information content (AvgIpc) is 2.98. The van der Waals surface area contributed by atoms with Crippen LogP contribution in [0.1, 0.15) is 12.0 Å². The molecule has 3 rings (SSSR count). The second-order valence-corrected chi connectivity index (χ2v) is 5.41. The molecule has 0 atom stereocenters. The summed E-state index contributed by atoms with van der Waals surface area (Å²) in [4.78, 5) is 10.9. The smallest absolute Gasteiger partial charge is 0.134 e. The number of nitrogens with one attached hydrogen (secondary N) is 1. The fourth-order valence-corrected chi connectivity index (χ4v) is 2.52. The molecule has 0 bridgehead atoms. The lowest BCUT2D eigenvalue weighted by atomic mass is 10.2. The first kappa shape index (κ1) is 14.8. The van der Waals surface area contributed by atoms with Crippen LogP contribution in [0.25, 0.3) is 0 Å². The van der Waals surface area contributed by atoms with Crippen molar-refractivity contribution in [2.45, 2.75) is 12.8 Å². The van der Waals surface area contributed by atoms with E-state index in [1.54, 1.807) is 6.33 Å². The van der Waals surface area contributed by atoms with Gasteiger partial charge in [0.05, 0.1) is 19.4 Å². The van der Waals surface area contributed by atoms with Crippen molar-refractivity contribution in [2.24, 2.45) is 7.05 Å². The van der Waals surface area contributed by atoms with E-state index in [0.29, 0.717) is 0 Å². The largest absolute Gasteiger partial charge is 0.378 e. The quantitative estimate of drug-likeness (QED) is 0.806. The van der Waals surface area contributed by atoms with E-state index in [1.807, 2.05) is 24.0 Å². The summed E-state index contributed by atoms with van der Waals surface area (Å²) in [5.41, 5.74) is 1.26. The Hall–Kier alpha value is -2.15. The maximum Gasteiger partial charge on any atom is 0.134 e. The Morgan fingerprint density at radius 1 is 1.27 bits per heavy atom. The second kappa shape index (κ2) is 7.22. The van der Waals surface area contributed by atoms with Crippen LogP contribution in [0, 0.1) is 0 Å². The fraction of sp³-hybridized carbons (Fsp3) is 0.533. The lowest BCUT2D eigenvalue weighted by molar-refractivity contribution is 0.122. The highest BCUT2D eigenvalue weighted by atomic mass is 16.5. The molecule has 118 valence electrons. The summed E-state index contributed by atoms with van der Waals surface area (Å²) in [6, 6.07) is 2.01. The molecule has 1 saturated heterocycles. The molecule has 0 unspecified atom stereocenters. The molecule has 7 nitrogen and oxygen atoms in total. The summed E-state index contributed by atoms with van der Waals surface area (Å²) in [5, 5.41) is 7.54. The van der Waals surface area contributed by atoms with E-state index in [4.69, 9.17) is 4.74 Å². The predicted molar refractivity (Wildman–Crippen MR) is 85.1 cm³/mol. The van der Waals surface area contributed by atoms with E-state index in [2.05, 4.69) is 31.5 Å². The number of anilines is 2. The van der Waals surface area contributed by atoms with E-state index in [9.17, 15) is 0 Å². The van der Waals surface area contributed by atoms with Crippen LogP contribution < -0.4 is 10.2 Å². The number of aromatic nitrogens is 4. The van der Waals surface area contributed by atoms with Crippen molar-refractivity contribution in [3.63, 3.8) is 0 Å². The molecule has 1 N–H and O–H groups in total. The van der Waals surface area contributed by atoms with Gasteiger partial charge in [0.2, 0.25) is 0 Å². The third kappa shape index (κ3) is 3.94. The zero-order valence-electron chi connectivity index (χ0n) is 12.9. The molecule has 3 heterocycles. The molecule has 0 saturated carbocycles. The Kier molecular flexibility index (Phi) is 4.85. The van der Waals surface area contributed by atoms with Crippen molar-refractivity contribution < 1.29 is 4.74 Å². The SMILES string of the molecule is Cn1cc(CCCNc2cc(N3CCOCC3)ncn2)cn1. The number of nitrogens with zero attached hydrogens (tertiary/aromatic N) is 5. The van der Waals surface area contributed by atoms with Crippen molar-refractivity contribution in [3.05, 3.63) is 30.4 Å². The minimum atomic E-state index is 0.762. The topological polar surface area (TPSA) is 68.1 Å². The van der Waals surface area contributed by atoms with Crippen molar-refractivity contribution in [1.29, 1.82) is 0 Å². The normalized spacial score (nSPS) is 15.0. The molecule has 1 aliphatic rings. The summed E-state index contributed by atoms with van der Waals surface area (Å²) in [5.74, 6) is 1.84. The third-order valence-corrected chi connectivity index (χ3v) is 3.69. The van der Waals surface area contributed by atoms with Gasteiger partial charge in [0.1, 0.15) is 18.0 Å². The van der Waals surface area contributed by atoms with Crippen LogP contribution in [0.15, 0.2) is 24.8 Å². The first-order valence-corrected chi connectivity index (χ1v) is 7.67. The van der Waals surface area contributed by atoms with Gasteiger partial charge in [-0.15, -0.1) is 0 Å². The van der Waals surface area contributed by atoms with Gasteiger partial charge in [-0.2, -0.15) is 5.10 Å². The highest BCUT2D eigenvalue weighted by molar-refractivity contribution is 5.48. The molecule has 7 heteroatoms. The van der Waals surface area contributed by atoms with E-state index in [-0.39, 0.29) is 0 Å². The number of hydrogen-bond acceptors (Lipinski definition) is 6. The number of aryl methyl sites for hydroxylation is 2. The average molecular weight is 302 g/mol. The van der Waals surface area contributed by atoms with Crippen molar-refractivity contribution in [1.82, 2.24) is 19.7 Å². The first-order valence-electron chi connectivity index (χ1n) is 7.67. The van der Waals surface area contributed by atoms with Crippen LogP contribution in [-0.4, -0.2) is 52.6 Å². The summed E-state index contributed by atoms with van der Waals surface area (Å²) in [7, 11) is 1.94. The van der Waals surface area contributed by atoms with Gasteiger partial charge in [0.25, 0.3) is 0 Å². The Bertz CT molecular complexity index is 593. The predicted octanol–water partition coefficient (Wildman–Crippen LogP) is 1.09. The lowest BCUT2D eigenvalue weighted by Crippen LogP contribution is -2.36. The van der Waals surface area contributed by atoms with Crippen LogP contribution >= 0.6 is 0 Å². The van der Waals surface area contributed by atoms with Crippen LogP contribution in [0.3, 0.4) is 0 Å². The molecule has 1 fully saturated rings. The molecule has 0 aromatic carbocycles. The summed E-state index contributed by atoms with van der Waals surface area (Å²) >= 11 is 0. The number of hydrogen-bond donors (Lipinski definition) is 1. The van der Waals surface area contributed by atoms with Gasteiger partial charge < -0.3 is 15.0 Å². The van der Waals surface area contributed by atoms with Gasteiger partial charge in [0.15, 0.2) is 0 Å². The van der Waals surface area contributed by atoms with Gasteiger partial charge in [-0.1, -0.05) is 0 Å². The van der Waals surface area contributed by atoms with E-state index >= 15 is 0 Å². The molecule has 0 aliphatic carbocycles. The zero-order chi connectivity index (χ0) is 15.2. The summed E-state index contributed by atoms with van der Waals surface area (Å²) in [6.07, 6.45) is 7.65. The monoisotopic (exact) mass is 302 g/mol. The Morgan fingerprint density at radius 2 is 2.14 bits per heavy atom. The molecular formula is C15H22N6O. The zero-order valence-corrected chi connectivity index (χ0v) is 12.9. The molecule has 1 aliphatic heterocycles. The minimum absolute atomic E-state index is 0.762. The minimum Gasteiger partial charge on any atom is -0.378 e. The fourth-order valence-electron chi connectivity index (χ4n) is 2.52. The molecular weight excluding hydrogens is 280 g/mol. The molecule has 0 amide bonds. The Labute approximate surface area is 130 Å². The van der Waals surface area contributed by atoms with Gasteiger partial charge >= 0.3 is 0 Å². The Balaban J connectivity index is 1.47. The van der Waals surface area contributed by atoms with E-state index in [1.165, 1.54) is 5.56 Å². The van der Waals surface area contributed by atoms with Crippen molar-refractivity contribution in [3.8, 4) is 0 Å². The Morgan fingerprint density at radius 3 is 2.91 bits per heavy atom. The summed E-state index contributed by atoms with van der Waals surface area (Å²) < 4.78 is 7.20. The van der Waals surface area contributed by atoms with Crippen LogP contribution in [0.5, 0.6) is 0 Å². The van der Waals surface area contributed by atoms with Crippen LogP contribution in [-0.2, 0) is 18.2 Å². The van der Waals surface area contributed by atoms with Crippen molar-refractivity contribution in [2.75, 3.05) is 43.1 Å². The first-order chi connectivity index (χ1) is 10.8. The molecule has 2 aromatic rings. The van der Waals surface area contributed by atoms with Crippen molar-refractivity contribution >= 4 is 11.6 Å². The molecule has 22 heavy (non-hydrogen) atoms. The van der Waals surface area contributed by atoms with Gasteiger partial charge in [-0.3, -0.25) is 4.68 Å². The lowest BCUT2D eigenvalue weighted by Gasteiger charge is -2.27. The molecule has 2 aromatic heterocycles. The maximum absolute atomic E-state index is 5.37. The highest BCUT2D eigenvalue weighted by Crippen LogP contribution is 2.15. The number of rotatable bonds is 6. The molecule has 0 spiro atoms. The second-order valence-electron chi connectivity index (χ2n) is 5.41. The van der Waals surface area contributed by atoms with Gasteiger partial charge in [-0.25, -0.2) is 9.97 Å². The standard InChI is InChI=1S/C15H22N6O/c1-20-11-13(10-19-20)3-2-4-16-14-9-15(18-12-17-14)21-5-7-22-8-6-21/h9-12H,2-8H2,1H3,(H,16,17,18). The third-order valence-electron chi connectivity index (χ3n) is 3.69. The van der Waals surface area contributed by atoms with E-state index in [0.717, 1.165) is 57.3 Å². The van der Waals surface area contributed by atoms with Gasteiger partial charge in [-0.05, 0) is 18.4 Å². The number of morpholine rings is 1.